The van der Waals surface area contributed by atoms with Gasteiger partial charge in [-0.05, 0) is 12.6 Å². The molecule has 0 radical (unpaired) electrons. The fraction of sp³-hybridized carbons (Fsp3) is 0.667. The van der Waals surface area contributed by atoms with Gasteiger partial charge in [-0.1, -0.05) is 13.0 Å². The van der Waals surface area contributed by atoms with Crippen molar-refractivity contribution in [2.75, 3.05) is 13.1 Å². The first-order valence-electron chi connectivity index (χ1n) is 2.84. The second kappa shape index (κ2) is 2.01. The van der Waals surface area contributed by atoms with Gasteiger partial charge in [0.05, 0.1) is 0 Å². The van der Waals surface area contributed by atoms with Crippen molar-refractivity contribution in [2.45, 2.75) is 13.3 Å². The van der Waals surface area contributed by atoms with Crippen molar-refractivity contribution < 1.29 is 0 Å². The number of nitrogens with zero attached hydrogens (tertiary/aromatic N) is 1. The molecule has 0 aromatic carbocycles. The topological polar surface area (TPSA) is 3.01 Å². The minimum atomic E-state index is 1.16. The highest BCUT2D eigenvalue weighted by Crippen LogP contribution is 2.02. The van der Waals surface area contributed by atoms with E-state index in [0.717, 1.165) is 6.42 Å². The molecule has 0 saturated carbocycles. The summed E-state index contributed by atoms with van der Waals surface area (Å²) in [4.78, 5) is 2.28. The molecule has 0 spiro atoms. The van der Waals surface area contributed by atoms with Crippen LogP contribution in [0.2, 0.25) is 0 Å². The van der Waals surface area contributed by atoms with Crippen LogP contribution in [0.4, 0.5) is 0 Å². The van der Waals surface area contributed by atoms with Crippen molar-refractivity contribution in [3.05, 3.63) is 12.3 Å². The minimum absolute atomic E-state index is 1.16. The largest absolute Gasteiger partial charge is 0.374 e. The molecule has 1 nitrogen and oxygen atoms in total. The first kappa shape index (κ1) is 4.69. The van der Waals surface area contributed by atoms with Crippen LogP contribution in [0.15, 0.2) is 12.3 Å². The Bertz CT molecular complexity index is 72.2. The highest BCUT2D eigenvalue weighted by Gasteiger charge is 2.09. The lowest BCUT2D eigenvalue weighted by Gasteiger charge is -1.83. The van der Waals surface area contributed by atoms with E-state index in [0.29, 0.717) is 0 Å². The molecule has 0 atom stereocenters. The standard InChI is InChI=1S/C6H11N/c1-2-3-4-7-5-6-7/h3-4H,2,5-6H2,1H3/b4-3-. The molecule has 1 aliphatic heterocycles. The highest BCUT2D eigenvalue weighted by atomic mass is 15.2. The quantitative estimate of drug-likeness (QED) is 0.468. The van der Waals surface area contributed by atoms with Crippen molar-refractivity contribution in [1.82, 2.24) is 4.90 Å². The van der Waals surface area contributed by atoms with Gasteiger partial charge in [0.2, 0.25) is 0 Å². The van der Waals surface area contributed by atoms with E-state index < -0.39 is 0 Å². The summed E-state index contributed by atoms with van der Waals surface area (Å²) in [6, 6.07) is 0. The van der Waals surface area contributed by atoms with Gasteiger partial charge in [-0.15, -0.1) is 0 Å². The van der Waals surface area contributed by atoms with Gasteiger partial charge in [-0.25, -0.2) is 0 Å². The van der Waals surface area contributed by atoms with Gasteiger partial charge in [0.15, 0.2) is 0 Å². The van der Waals surface area contributed by atoms with Crippen LogP contribution in [0, 0.1) is 0 Å². The van der Waals surface area contributed by atoms with Crippen molar-refractivity contribution in [1.29, 1.82) is 0 Å². The zero-order chi connectivity index (χ0) is 5.11. The van der Waals surface area contributed by atoms with E-state index in [4.69, 9.17) is 0 Å². The van der Waals surface area contributed by atoms with Crippen molar-refractivity contribution in [2.24, 2.45) is 0 Å². The van der Waals surface area contributed by atoms with Crippen molar-refractivity contribution in [3.8, 4) is 0 Å². The average molecular weight is 97.2 g/mol. The molecule has 0 aliphatic carbocycles. The summed E-state index contributed by atoms with van der Waals surface area (Å²) in [5.41, 5.74) is 0. The molecular formula is C6H11N. The predicted octanol–water partition coefficient (Wildman–Crippen LogP) is 1.23. The Morgan fingerprint density at radius 3 is 2.71 bits per heavy atom. The molecule has 0 N–H and O–H groups in total. The monoisotopic (exact) mass is 97.1 g/mol. The number of rotatable bonds is 2. The van der Waals surface area contributed by atoms with Crippen LogP contribution >= 0.6 is 0 Å². The molecule has 0 amide bonds. The summed E-state index contributed by atoms with van der Waals surface area (Å²) in [5.74, 6) is 0. The summed E-state index contributed by atoms with van der Waals surface area (Å²) >= 11 is 0. The van der Waals surface area contributed by atoms with E-state index >= 15 is 0 Å². The lowest BCUT2D eigenvalue weighted by molar-refractivity contribution is 0.767. The van der Waals surface area contributed by atoms with Gasteiger partial charge < -0.3 is 4.90 Å². The van der Waals surface area contributed by atoms with Gasteiger partial charge in [0.25, 0.3) is 0 Å². The smallest absolute Gasteiger partial charge is 0.0349 e. The normalized spacial score (nSPS) is 18.7. The van der Waals surface area contributed by atoms with Crippen LogP contribution in [0.1, 0.15) is 13.3 Å². The van der Waals surface area contributed by atoms with Crippen LogP contribution < -0.4 is 0 Å². The summed E-state index contributed by atoms with van der Waals surface area (Å²) in [5, 5.41) is 0. The fourth-order valence-corrected chi connectivity index (χ4v) is 0.461. The Labute approximate surface area is 44.6 Å². The Morgan fingerprint density at radius 1 is 1.57 bits per heavy atom. The lowest BCUT2D eigenvalue weighted by Crippen LogP contribution is -1.76. The minimum Gasteiger partial charge on any atom is -0.374 e. The van der Waals surface area contributed by atoms with Crippen LogP contribution in [-0.4, -0.2) is 18.0 Å². The Balaban J connectivity index is 2.05. The van der Waals surface area contributed by atoms with Crippen LogP contribution in [0.25, 0.3) is 0 Å². The molecule has 1 rings (SSSR count). The maximum absolute atomic E-state index is 2.28. The predicted molar refractivity (Wildman–Crippen MR) is 31.0 cm³/mol. The molecule has 0 bridgehead atoms. The van der Waals surface area contributed by atoms with E-state index in [2.05, 4.69) is 24.1 Å². The zero-order valence-electron chi connectivity index (χ0n) is 4.72. The second-order valence-corrected chi connectivity index (χ2v) is 1.83. The van der Waals surface area contributed by atoms with Gasteiger partial charge in [-0.3, -0.25) is 0 Å². The first-order chi connectivity index (χ1) is 3.43. The SMILES string of the molecule is CC/C=C\N1CC1. The lowest BCUT2D eigenvalue weighted by atomic mass is 10.5. The molecular weight excluding hydrogens is 86.1 g/mol. The summed E-state index contributed by atoms with van der Waals surface area (Å²) in [6.07, 6.45) is 5.52. The maximum Gasteiger partial charge on any atom is 0.0349 e. The van der Waals surface area contributed by atoms with Crippen LogP contribution in [0.3, 0.4) is 0 Å². The molecule has 1 heteroatoms. The molecule has 1 fully saturated rings. The first-order valence-corrected chi connectivity index (χ1v) is 2.84. The summed E-state index contributed by atoms with van der Waals surface area (Å²) < 4.78 is 0. The van der Waals surface area contributed by atoms with E-state index in [9.17, 15) is 0 Å². The molecule has 40 valence electrons. The van der Waals surface area contributed by atoms with Gasteiger partial charge in [0.1, 0.15) is 0 Å². The zero-order valence-corrected chi connectivity index (χ0v) is 4.72. The van der Waals surface area contributed by atoms with Gasteiger partial charge >= 0.3 is 0 Å². The van der Waals surface area contributed by atoms with Crippen LogP contribution in [0.5, 0.6) is 0 Å². The Morgan fingerprint density at radius 2 is 2.29 bits per heavy atom. The summed E-state index contributed by atoms with van der Waals surface area (Å²) in [6.45, 7) is 4.70. The number of hydrogen-bond acceptors (Lipinski definition) is 1. The van der Waals surface area contributed by atoms with E-state index in [1.54, 1.807) is 0 Å². The van der Waals surface area contributed by atoms with Crippen LogP contribution in [-0.2, 0) is 0 Å². The third kappa shape index (κ3) is 1.62. The maximum atomic E-state index is 2.28. The third-order valence-corrected chi connectivity index (χ3v) is 1.03. The van der Waals surface area contributed by atoms with Gasteiger partial charge in [-0.2, -0.15) is 0 Å². The van der Waals surface area contributed by atoms with E-state index in [1.165, 1.54) is 13.1 Å². The van der Waals surface area contributed by atoms with E-state index in [1.807, 2.05) is 0 Å². The fourth-order valence-electron chi connectivity index (χ4n) is 0.461. The molecule has 0 aromatic rings. The average Bonchev–Trinajstić information content (AvgIpc) is 2.42. The number of hydrogen-bond donors (Lipinski definition) is 0. The van der Waals surface area contributed by atoms with E-state index in [-0.39, 0.29) is 0 Å². The third-order valence-electron chi connectivity index (χ3n) is 1.03. The molecule has 0 aromatic heterocycles. The highest BCUT2D eigenvalue weighted by molar-refractivity contribution is 4.88. The molecule has 1 heterocycles. The molecule has 1 aliphatic rings. The second-order valence-electron chi connectivity index (χ2n) is 1.83. The van der Waals surface area contributed by atoms with Crippen molar-refractivity contribution >= 4 is 0 Å². The van der Waals surface area contributed by atoms with Gasteiger partial charge in [0, 0.05) is 13.1 Å². The molecule has 0 unspecified atom stereocenters. The molecule has 7 heavy (non-hydrogen) atoms. The van der Waals surface area contributed by atoms with Crippen molar-refractivity contribution in [3.63, 3.8) is 0 Å². The number of allylic oxidation sites excluding steroid dienone is 1. The summed E-state index contributed by atoms with van der Waals surface area (Å²) in [7, 11) is 0. The molecule has 1 saturated heterocycles. The Hall–Kier alpha value is -0.460. The Kier molecular flexibility index (Phi) is 1.35.